The second kappa shape index (κ2) is 5.31. The lowest BCUT2D eigenvalue weighted by Crippen LogP contribution is -2.37. The summed E-state index contributed by atoms with van der Waals surface area (Å²) < 4.78 is 26.4. The van der Waals surface area contributed by atoms with Gasteiger partial charge in [0.1, 0.15) is 5.82 Å². The number of nitrogens with one attached hydrogen (secondary N) is 1. The fourth-order valence-electron chi connectivity index (χ4n) is 2.35. The van der Waals surface area contributed by atoms with Crippen LogP contribution in [0.25, 0.3) is 0 Å². The molecule has 0 spiro atoms. The first-order chi connectivity index (χ1) is 9.73. The van der Waals surface area contributed by atoms with Gasteiger partial charge in [-0.15, -0.1) is 0 Å². The molecule has 7 heteroatoms. The number of phenols is 1. The molecule has 1 aliphatic rings. The van der Waals surface area contributed by atoms with Gasteiger partial charge in [-0.2, -0.15) is 0 Å². The van der Waals surface area contributed by atoms with Crippen LogP contribution in [0.3, 0.4) is 0 Å². The number of phenolic OH excluding ortho intramolecular Hbond substituents is 1. The standard InChI is InChI=1S/C14H16F2N2O3/c1-8(19)18-4-3-14(2,7-18)13(21)17-11-6-9(15)5-10(16)12(11)20/h5-6,20H,3-4,7H2,1-2H3,(H,17,21). The van der Waals surface area contributed by atoms with Crippen molar-refractivity contribution in [1.82, 2.24) is 4.90 Å². The highest BCUT2D eigenvalue weighted by Crippen LogP contribution is 2.34. The first-order valence-corrected chi connectivity index (χ1v) is 6.48. The number of benzene rings is 1. The summed E-state index contributed by atoms with van der Waals surface area (Å²) >= 11 is 0. The molecule has 0 aromatic heterocycles. The van der Waals surface area contributed by atoms with E-state index in [4.69, 9.17) is 0 Å². The third-order valence-electron chi connectivity index (χ3n) is 3.74. The highest BCUT2D eigenvalue weighted by Gasteiger charge is 2.41. The average Bonchev–Trinajstić information content (AvgIpc) is 2.79. The zero-order chi connectivity index (χ0) is 15.8. The first kappa shape index (κ1) is 15.2. The fourth-order valence-corrected chi connectivity index (χ4v) is 2.35. The van der Waals surface area contributed by atoms with E-state index in [0.717, 1.165) is 6.07 Å². The van der Waals surface area contributed by atoms with Gasteiger partial charge in [0, 0.05) is 32.1 Å². The molecule has 1 atom stereocenters. The Hall–Kier alpha value is -2.18. The second-order valence-electron chi connectivity index (χ2n) is 5.49. The summed E-state index contributed by atoms with van der Waals surface area (Å²) in [6, 6.07) is 1.37. The molecule has 2 rings (SSSR count). The maximum atomic E-state index is 13.2. The topological polar surface area (TPSA) is 69.6 Å². The van der Waals surface area contributed by atoms with Crippen molar-refractivity contribution >= 4 is 17.5 Å². The number of aromatic hydroxyl groups is 1. The lowest BCUT2D eigenvalue weighted by Gasteiger charge is -2.23. The SMILES string of the molecule is CC(=O)N1CCC(C)(C(=O)Nc2cc(F)cc(F)c2O)C1. The van der Waals surface area contributed by atoms with Crippen LogP contribution in [0.5, 0.6) is 5.75 Å². The zero-order valence-corrected chi connectivity index (χ0v) is 11.7. The summed E-state index contributed by atoms with van der Waals surface area (Å²) in [5.41, 5.74) is -1.18. The number of carbonyl (C=O) groups is 2. The number of anilines is 1. The van der Waals surface area contributed by atoms with Crippen molar-refractivity contribution < 1.29 is 23.5 Å². The van der Waals surface area contributed by atoms with Crippen LogP contribution in [-0.4, -0.2) is 34.9 Å². The molecule has 2 N–H and O–H groups in total. The highest BCUT2D eigenvalue weighted by molar-refractivity contribution is 5.97. The van der Waals surface area contributed by atoms with E-state index >= 15 is 0 Å². The third-order valence-corrected chi connectivity index (χ3v) is 3.74. The summed E-state index contributed by atoms with van der Waals surface area (Å²) in [7, 11) is 0. The predicted octanol–water partition coefficient (Wildman–Crippen LogP) is 1.87. The van der Waals surface area contributed by atoms with Crippen LogP contribution in [0.15, 0.2) is 12.1 Å². The molecule has 0 radical (unpaired) electrons. The summed E-state index contributed by atoms with van der Waals surface area (Å²) in [6.45, 7) is 3.75. The van der Waals surface area contributed by atoms with Crippen LogP contribution >= 0.6 is 0 Å². The smallest absolute Gasteiger partial charge is 0.232 e. The van der Waals surface area contributed by atoms with Crippen molar-refractivity contribution in [2.75, 3.05) is 18.4 Å². The van der Waals surface area contributed by atoms with Gasteiger partial charge in [0.2, 0.25) is 11.8 Å². The van der Waals surface area contributed by atoms with Crippen LogP contribution in [0.4, 0.5) is 14.5 Å². The van der Waals surface area contributed by atoms with Gasteiger partial charge < -0.3 is 15.3 Å². The van der Waals surface area contributed by atoms with E-state index in [1.54, 1.807) is 6.92 Å². The van der Waals surface area contributed by atoms with E-state index in [-0.39, 0.29) is 18.1 Å². The molecule has 1 heterocycles. The minimum Gasteiger partial charge on any atom is -0.503 e. The lowest BCUT2D eigenvalue weighted by molar-refractivity contribution is -0.129. The molecule has 1 fully saturated rings. The normalized spacial score (nSPS) is 21.4. The molecule has 1 saturated heterocycles. The number of carbonyl (C=O) groups excluding carboxylic acids is 2. The van der Waals surface area contributed by atoms with Gasteiger partial charge in [-0.3, -0.25) is 9.59 Å². The molecule has 1 aromatic carbocycles. The van der Waals surface area contributed by atoms with Crippen molar-refractivity contribution in [3.63, 3.8) is 0 Å². The Labute approximate surface area is 120 Å². The number of amides is 2. The van der Waals surface area contributed by atoms with E-state index in [0.29, 0.717) is 19.0 Å². The lowest BCUT2D eigenvalue weighted by atomic mass is 9.88. The third kappa shape index (κ3) is 2.96. The van der Waals surface area contributed by atoms with Crippen LogP contribution in [0.2, 0.25) is 0 Å². The van der Waals surface area contributed by atoms with Crippen molar-refractivity contribution in [1.29, 1.82) is 0 Å². The molecule has 0 bridgehead atoms. The van der Waals surface area contributed by atoms with E-state index in [1.807, 2.05) is 0 Å². The Balaban J connectivity index is 2.17. The average molecular weight is 298 g/mol. The summed E-state index contributed by atoms with van der Waals surface area (Å²) in [6.07, 6.45) is 0.441. The molecular weight excluding hydrogens is 282 g/mol. The second-order valence-corrected chi connectivity index (χ2v) is 5.49. The Morgan fingerprint density at radius 2 is 2.05 bits per heavy atom. The molecular formula is C14H16F2N2O3. The number of nitrogens with zero attached hydrogens (tertiary/aromatic N) is 1. The van der Waals surface area contributed by atoms with Crippen LogP contribution in [0, 0.1) is 17.0 Å². The molecule has 1 aliphatic heterocycles. The largest absolute Gasteiger partial charge is 0.503 e. The van der Waals surface area contributed by atoms with Crippen LogP contribution in [-0.2, 0) is 9.59 Å². The van der Waals surface area contributed by atoms with E-state index in [1.165, 1.54) is 11.8 Å². The molecule has 114 valence electrons. The molecule has 0 aliphatic carbocycles. The van der Waals surface area contributed by atoms with Crippen molar-refractivity contribution in [3.05, 3.63) is 23.8 Å². The predicted molar refractivity (Wildman–Crippen MR) is 71.6 cm³/mol. The molecule has 2 amide bonds. The number of halogens is 2. The van der Waals surface area contributed by atoms with Gasteiger partial charge in [0.05, 0.1) is 11.1 Å². The minimum absolute atomic E-state index is 0.133. The van der Waals surface area contributed by atoms with Gasteiger partial charge >= 0.3 is 0 Å². The van der Waals surface area contributed by atoms with Gasteiger partial charge in [-0.1, -0.05) is 0 Å². The number of hydrogen-bond donors (Lipinski definition) is 2. The number of hydrogen-bond acceptors (Lipinski definition) is 3. The van der Waals surface area contributed by atoms with E-state index in [2.05, 4.69) is 5.32 Å². The van der Waals surface area contributed by atoms with Gasteiger partial charge in [-0.25, -0.2) is 8.78 Å². The molecule has 0 saturated carbocycles. The Bertz CT molecular complexity index is 606. The van der Waals surface area contributed by atoms with E-state index in [9.17, 15) is 23.5 Å². The molecule has 21 heavy (non-hydrogen) atoms. The van der Waals surface area contributed by atoms with E-state index < -0.39 is 28.7 Å². The van der Waals surface area contributed by atoms with Crippen molar-refractivity contribution in [2.45, 2.75) is 20.3 Å². The van der Waals surface area contributed by atoms with Crippen LogP contribution in [0.1, 0.15) is 20.3 Å². The van der Waals surface area contributed by atoms with Gasteiger partial charge in [0.25, 0.3) is 0 Å². The number of likely N-dealkylation sites (tertiary alicyclic amines) is 1. The number of rotatable bonds is 2. The van der Waals surface area contributed by atoms with Crippen LogP contribution < -0.4 is 5.32 Å². The molecule has 1 unspecified atom stereocenters. The van der Waals surface area contributed by atoms with Crippen molar-refractivity contribution in [2.24, 2.45) is 5.41 Å². The van der Waals surface area contributed by atoms with Crippen molar-refractivity contribution in [3.8, 4) is 5.75 Å². The summed E-state index contributed by atoms with van der Waals surface area (Å²) in [5.74, 6) is -3.48. The molecule has 1 aromatic rings. The summed E-state index contributed by atoms with van der Waals surface area (Å²) in [5, 5.41) is 11.8. The quantitative estimate of drug-likeness (QED) is 0.819. The highest BCUT2D eigenvalue weighted by atomic mass is 19.1. The summed E-state index contributed by atoms with van der Waals surface area (Å²) in [4.78, 5) is 25.1. The monoisotopic (exact) mass is 298 g/mol. The fraction of sp³-hybridized carbons (Fsp3) is 0.429. The maximum absolute atomic E-state index is 13.2. The van der Waals surface area contributed by atoms with Gasteiger partial charge in [0.15, 0.2) is 11.6 Å². The maximum Gasteiger partial charge on any atom is 0.232 e. The molecule has 5 nitrogen and oxygen atoms in total. The Morgan fingerprint density at radius 1 is 1.38 bits per heavy atom. The first-order valence-electron chi connectivity index (χ1n) is 6.48. The Morgan fingerprint density at radius 3 is 2.62 bits per heavy atom. The van der Waals surface area contributed by atoms with Gasteiger partial charge in [-0.05, 0) is 13.3 Å². The Kier molecular flexibility index (Phi) is 3.85. The zero-order valence-electron chi connectivity index (χ0n) is 11.7. The minimum atomic E-state index is -1.15.